The Labute approximate surface area is 162 Å². The van der Waals surface area contributed by atoms with Gasteiger partial charge in [0.05, 0.1) is 6.61 Å². The molecular weight excluding hydrogens is 336 g/mol. The molecule has 3 aliphatic rings. The highest BCUT2D eigenvalue weighted by Crippen LogP contribution is 2.30. The quantitative estimate of drug-likeness (QED) is 0.817. The van der Waals surface area contributed by atoms with E-state index in [-0.39, 0.29) is 6.61 Å². The molecule has 0 spiro atoms. The number of ether oxygens (including phenoxy) is 1. The van der Waals surface area contributed by atoms with Crippen molar-refractivity contribution in [3.05, 3.63) is 65.7 Å². The lowest BCUT2D eigenvalue weighted by Crippen LogP contribution is -2.43. The standard InChI is InChI=1S/C23H30N2O2/c26-12-13-27-23-10-7-20(8-11-23)14-24-15-21-6-9-22(18-24)25(17-21)16-19-4-2-1-3-5-19/h1-5,7-8,10-11,21-22,26H,6,9,12-18H2/t21-,22+/m1/s1. The second-order valence-electron chi connectivity index (χ2n) is 7.92. The summed E-state index contributed by atoms with van der Waals surface area (Å²) in [5.74, 6) is 1.61. The number of fused-ring (bicyclic) bond motifs is 4. The van der Waals surface area contributed by atoms with E-state index >= 15 is 0 Å². The molecule has 2 bridgehead atoms. The predicted octanol–water partition coefficient (Wildman–Crippen LogP) is 3.15. The van der Waals surface area contributed by atoms with Crippen LogP contribution in [0.3, 0.4) is 0 Å². The van der Waals surface area contributed by atoms with Crippen molar-refractivity contribution in [1.82, 2.24) is 9.80 Å². The first-order valence-electron chi connectivity index (χ1n) is 10.1. The van der Waals surface area contributed by atoms with Gasteiger partial charge in [-0.1, -0.05) is 42.5 Å². The highest BCUT2D eigenvalue weighted by Gasteiger charge is 2.34. The summed E-state index contributed by atoms with van der Waals surface area (Å²) in [7, 11) is 0. The number of hydrogen-bond acceptors (Lipinski definition) is 4. The summed E-state index contributed by atoms with van der Waals surface area (Å²) in [6.45, 7) is 6.07. The fourth-order valence-corrected chi connectivity index (χ4v) is 4.53. The van der Waals surface area contributed by atoms with E-state index in [1.165, 1.54) is 37.1 Å². The van der Waals surface area contributed by atoms with Crippen molar-refractivity contribution in [3.63, 3.8) is 0 Å². The summed E-state index contributed by atoms with van der Waals surface area (Å²) in [5, 5.41) is 8.86. The number of aliphatic hydroxyl groups is 1. The van der Waals surface area contributed by atoms with Crippen molar-refractivity contribution >= 4 is 0 Å². The van der Waals surface area contributed by atoms with Crippen LogP contribution < -0.4 is 4.74 Å². The molecule has 2 atom stereocenters. The molecule has 0 radical (unpaired) electrons. The van der Waals surface area contributed by atoms with Crippen molar-refractivity contribution in [2.24, 2.45) is 5.92 Å². The summed E-state index contributed by atoms with van der Waals surface area (Å²) in [6, 6.07) is 19.9. The molecule has 4 heteroatoms. The smallest absolute Gasteiger partial charge is 0.119 e. The van der Waals surface area contributed by atoms with Crippen molar-refractivity contribution in [3.8, 4) is 5.75 Å². The zero-order valence-electron chi connectivity index (χ0n) is 16.0. The Morgan fingerprint density at radius 3 is 2.41 bits per heavy atom. The first-order chi connectivity index (χ1) is 13.3. The monoisotopic (exact) mass is 366 g/mol. The topological polar surface area (TPSA) is 35.9 Å². The predicted molar refractivity (Wildman–Crippen MR) is 108 cm³/mol. The zero-order valence-corrected chi connectivity index (χ0v) is 16.0. The molecule has 1 N–H and O–H groups in total. The largest absolute Gasteiger partial charge is 0.491 e. The second-order valence-corrected chi connectivity index (χ2v) is 7.92. The van der Waals surface area contributed by atoms with Crippen LogP contribution in [0.1, 0.15) is 24.0 Å². The van der Waals surface area contributed by atoms with Crippen LogP contribution in [0.5, 0.6) is 5.75 Å². The van der Waals surface area contributed by atoms with E-state index in [9.17, 15) is 0 Å². The molecule has 3 fully saturated rings. The fourth-order valence-electron chi connectivity index (χ4n) is 4.53. The van der Waals surface area contributed by atoms with Crippen LogP contribution in [0.4, 0.5) is 0 Å². The molecule has 3 heterocycles. The van der Waals surface area contributed by atoms with Crippen molar-refractivity contribution in [1.29, 1.82) is 0 Å². The Kier molecular flexibility index (Phi) is 6.07. The lowest BCUT2D eigenvalue weighted by Gasteiger charge is -2.36. The van der Waals surface area contributed by atoms with Gasteiger partial charge in [0.1, 0.15) is 12.4 Å². The maximum atomic E-state index is 8.86. The first-order valence-corrected chi connectivity index (χ1v) is 10.1. The Morgan fingerprint density at radius 2 is 1.63 bits per heavy atom. The van der Waals surface area contributed by atoms with E-state index in [1.54, 1.807) is 0 Å². The van der Waals surface area contributed by atoms with Gasteiger partial charge < -0.3 is 9.84 Å². The summed E-state index contributed by atoms with van der Waals surface area (Å²) in [5.41, 5.74) is 2.76. The minimum atomic E-state index is 0.0534. The average Bonchev–Trinajstić information content (AvgIpc) is 2.99. The molecular formula is C23H30N2O2. The van der Waals surface area contributed by atoms with E-state index in [4.69, 9.17) is 9.84 Å². The maximum absolute atomic E-state index is 8.86. The minimum absolute atomic E-state index is 0.0534. The summed E-state index contributed by atoms with van der Waals surface area (Å²) < 4.78 is 5.46. The van der Waals surface area contributed by atoms with Gasteiger partial charge in [-0.05, 0) is 42.0 Å². The van der Waals surface area contributed by atoms with Crippen LogP contribution in [-0.4, -0.2) is 53.8 Å². The van der Waals surface area contributed by atoms with Crippen LogP contribution in [0.25, 0.3) is 0 Å². The van der Waals surface area contributed by atoms with E-state index in [1.807, 2.05) is 12.1 Å². The van der Waals surface area contributed by atoms with E-state index < -0.39 is 0 Å². The van der Waals surface area contributed by atoms with Gasteiger partial charge in [-0.15, -0.1) is 0 Å². The third-order valence-corrected chi connectivity index (χ3v) is 5.82. The molecule has 5 rings (SSSR count). The van der Waals surface area contributed by atoms with Crippen molar-refractivity contribution < 1.29 is 9.84 Å². The van der Waals surface area contributed by atoms with E-state index in [0.29, 0.717) is 12.6 Å². The third kappa shape index (κ3) is 4.89. The Morgan fingerprint density at radius 1 is 0.852 bits per heavy atom. The summed E-state index contributed by atoms with van der Waals surface area (Å²) in [6.07, 6.45) is 2.68. The number of aliphatic hydroxyl groups excluding tert-OH is 1. The molecule has 0 aliphatic carbocycles. The van der Waals surface area contributed by atoms with Gasteiger partial charge in [0.2, 0.25) is 0 Å². The Bertz CT molecular complexity index is 704. The molecule has 0 unspecified atom stereocenters. The Balaban J connectivity index is 1.37. The molecule has 0 saturated carbocycles. The van der Waals surface area contributed by atoms with Gasteiger partial charge in [-0.25, -0.2) is 0 Å². The number of benzene rings is 2. The number of hydrogen-bond donors (Lipinski definition) is 1. The van der Waals surface area contributed by atoms with Crippen molar-refractivity contribution in [2.75, 3.05) is 32.8 Å². The second kappa shape index (κ2) is 8.87. The molecule has 2 aromatic carbocycles. The molecule has 2 aromatic rings. The molecule has 27 heavy (non-hydrogen) atoms. The van der Waals surface area contributed by atoms with Gasteiger partial charge in [0.25, 0.3) is 0 Å². The van der Waals surface area contributed by atoms with Crippen LogP contribution in [0.15, 0.2) is 54.6 Å². The number of piperidine rings is 1. The molecule has 4 nitrogen and oxygen atoms in total. The van der Waals surface area contributed by atoms with Gasteiger partial charge in [0.15, 0.2) is 0 Å². The number of nitrogens with zero attached hydrogens (tertiary/aromatic N) is 2. The first kappa shape index (κ1) is 18.5. The highest BCUT2D eigenvalue weighted by molar-refractivity contribution is 5.27. The molecule has 3 saturated heterocycles. The molecule has 0 aromatic heterocycles. The average molecular weight is 367 g/mol. The third-order valence-electron chi connectivity index (χ3n) is 5.82. The van der Waals surface area contributed by atoms with Crippen molar-refractivity contribution in [2.45, 2.75) is 32.0 Å². The molecule has 0 amide bonds. The SMILES string of the molecule is OCCOc1ccc(CN2C[C@H]3CC[C@@H](C2)N(Cc2ccccc2)C3)cc1. The van der Waals surface area contributed by atoms with Crippen LogP contribution >= 0.6 is 0 Å². The minimum Gasteiger partial charge on any atom is -0.491 e. The van der Waals surface area contributed by atoms with Gasteiger partial charge in [0, 0.05) is 38.8 Å². The summed E-state index contributed by atoms with van der Waals surface area (Å²) >= 11 is 0. The van der Waals surface area contributed by atoms with Gasteiger partial charge >= 0.3 is 0 Å². The van der Waals surface area contributed by atoms with Crippen LogP contribution in [-0.2, 0) is 13.1 Å². The highest BCUT2D eigenvalue weighted by atomic mass is 16.5. The lowest BCUT2D eigenvalue weighted by molar-refractivity contribution is 0.123. The zero-order chi connectivity index (χ0) is 18.5. The van der Waals surface area contributed by atoms with E-state index in [2.05, 4.69) is 52.3 Å². The molecule has 144 valence electrons. The fraction of sp³-hybridized carbons (Fsp3) is 0.478. The van der Waals surface area contributed by atoms with Crippen LogP contribution in [0, 0.1) is 5.92 Å². The van der Waals surface area contributed by atoms with Gasteiger partial charge in [-0.2, -0.15) is 0 Å². The normalized spacial score (nSPS) is 23.3. The van der Waals surface area contributed by atoms with E-state index in [0.717, 1.165) is 31.3 Å². The summed E-state index contributed by atoms with van der Waals surface area (Å²) in [4.78, 5) is 5.34. The van der Waals surface area contributed by atoms with Gasteiger partial charge in [-0.3, -0.25) is 9.80 Å². The lowest BCUT2D eigenvalue weighted by atomic mass is 9.94. The maximum Gasteiger partial charge on any atom is 0.119 e. The Hall–Kier alpha value is -1.88. The van der Waals surface area contributed by atoms with Crippen LogP contribution in [0.2, 0.25) is 0 Å². The number of rotatable bonds is 7. The molecule has 3 aliphatic heterocycles.